The van der Waals surface area contributed by atoms with E-state index in [9.17, 15) is 0 Å². The molecule has 0 saturated carbocycles. The quantitative estimate of drug-likeness (QED) is 0.686. The van der Waals surface area contributed by atoms with Gasteiger partial charge in [-0.2, -0.15) is 0 Å². The Bertz CT molecular complexity index is 519. The van der Waals surface area contributed by atoms with E-state index in [1.54, 1.807) is 11.8 Å². The summed E-state index contributed by atoms with van der Waals surface area (Å²) in [5.74, 6) is 0.679. The van der Waals surface area contributed by atoms with Gasteiger partial charge < -0.3 is 4.90 Å². The molecule has 2 rings (SSSR count). The maximum Gasteiger partial charge on any atom is 0.0552 e. The van der Waals surface area contributed by atoms with Crippen molar-refractivity contribution in [3.63, 3.8) is 0 Å². The highest BCUT2D eigenvalue weighted by molar-refractivity contribution is 8.03. The average Bonchev–Trinajstić information content (AvgIpc) is 2.45. The van der Waals surface area contributed by atoms with Gasteiger partial charge in [0.2, 0.25) is 0 Å². The maximum atomic E-state index is 5.86. The highest BCUT2D eigenvalue weighted by atomic mass is 35.5. The van der Waals surface area contributed by atoms with E-state index in [4.69, 9.17) is 11.6 Å². The van der Waals surface area contributed by atoms with E-state index >= 15 is 0 Å². The number of nitrogens with zero attached hydrogens (tertiary/aromatic N) is 1. The van der Waals surface area contributed by atoms with Gasteiger partial charge in [-0.05, 0) is 31.6 Å². The lowest BCUT2D eigenvalue weighted by Gasteiger charge is -2.33. The highest BCUT2D eigenvalue weighted by Crippen LogP contribution is 2.43. The van der Waals surface area contributed by atoms with Crippen molar-refractivity contribution < 1.29 is 0 Å². The van der Waals surface area contributed by atoms with Crippen LogP contribution in [0.1, 0.15) is 13.3 Å². The number of allylic oxidation sites excluding steroid dienone is 3. The van der Waals surface area contributed by atoms with E-state index in [1.165, 1.54) is 21.2 Å². The number of para-hydroxylation sites is 1. The number of alkyl halides is 1. The zero-order valence-corrected chi connectivity index (χ0v) is 12.7. The molecule has 1 aromatic rings. The molecule has 0 N–H and O–H groups in total. The topological polar surface area (TPSA) is 3.24 Å². The lowest BCUT2D eigenvalue weighted by molar-refractivity contribution is 0.853. The van der Waals surface area contributed by atoms with Gasteiger partial charge in [0.1, 0.15) is 0 Å². The van der Waals surface area contributed by atoms with Crippen molar-refractivity contribution in [2.75, 3.05) is 17.3 Å². The minimum atomic E-state index is 0.679. The molecule has 0 fully saturated rings. The zero-order chi connectivity index (χ0) is 13.7. The number of hydrogen-bond acceptors (Lipinski definition) is 2. The first kappa shape index (κ1) is 14.3. The fraction of sp³-hybridized carbons (Fsp3) is 0.250. The Kier molecular flexibility index (Phi) is 5.17. The van der Waals surface area contributed by atoms with Crippen LogP contribution in [0.15, 0.2) is 64.6 Å². The van der Waals surface area contributed by atoms with Crippen molar-refractivity contribution in [1.29, 1.82) is 0 Å². The summed E-state index contributed by atoms with van der Waals surface area (Å²) in [5.41, 5.74) is 2.47. The van der Waals surface area contributed by atoms with E-state index in [1.807, 2.05) is 13.0 Å². The van der Waals surface area contributed by atoms with Crippen molar-refractivity contribution in [3.05, 3.63) is 59.7 Å². The van der Waals surface area contributed by atoms with Crippen LogP contribution in [0.2, 0.25) is 0 Å². The molecule has 1 heterocycles. The van der Waals surface area contributed by atoms with Crippen molar-refractivity contribution in [2.24, 2.45) is 0 Å². The third-order valence-electron chi connectivity index (χ3n) is 2.94. The predicted octanol–water partition coefficient (Wildman–Crippen LogP) is 5.20. The van der Waals surface area contributed by atoms with Crippen molar-refractivity contribution in [1.82, 2.24) is 0 Å². The summed E-state index contributed by atoms with van der Waals surface area (Å²) in [6.45, 7) is 6.91. The summed E-state index contributed by atoms with van der Waals surface area (Å²) in [5, 5.41) is 0. The van der Waals surface area contributed by atoms with Gasteiger partial charge in [0.25, 0.3) is 0 Å². The zero-order valence-electron chi connectivity index (χ0n) is 11.1. The SMILES string of the molecule is C=CC1=C(/C=C\C)N(CCCCl)c2ccccc2S1. The molecule has 1 aliphatic heterocycles. The second-order valence-corrected chi connectivity index (χ2v) is 5.68. The first-order valence-electron chi connectivity index (χ1n) is 6.41. The molecule has 0 saturated heterocycles. The number of benzene rings is 1. The van der Waals surface area contributed by atoms with Gasteiger partial charge in [-0.25, -0.2) is 0 Å². The van der Waals surface area contributed by atoms with Gasteiger partial charge in [-0.3, -0.25) is 0 Å². The van der Waals surface area contributed by atoms with E-state index in [2.05, 4.69) is 47.9 Å². The minimum Gasteiger partial charge on any atom is -0.340 e. The first-order chi connectivity index (χ1) is 9.31. The average molecular weight is 292 g/mol. The molecule has 3 heteroatoms. The van der Waals surface area contributed by atoms with Crippen LogP contribution in [-0.2, 0) is 0 Å². The lowest BCUT2D eigenvalue weighted by Crippen LogP contribution is -2.26. The molecule has 0 bridgehead atoms. The summed E-state index contributed by atoms with van der Waals surface area (Å²) in [7, 11) is 0. The standard InChI is InChI=1S/C16H18ClNS/c1-3-8-13-15(4-2)19-16-10-6-5-9-14(16)18(13)12-7-11-17/h3-6,8-10H,2,7,11-12H2,1H3/b8-3-. The Morgan fingerprint density at radius 3 is 2.84 bits per heavy atom. The second-order valence-electron chi connectivity index (χ2n) is 4.22. The maximum absolute atomic E-state index is 5.86. The first-order valence-corrected chi connectivity index (χ1v) is 7.76. The number of hydrogen-bond donors (Lipinski definition) is 0. The fourth-order valence-corrected chi connectivity index (χ4v) is 3.29. The molecule has 0 amide bonds. The number of anilines is 1. The summed E-state index contributed by atoms with van der Waals surface area (Å²) in [6, 6.07) is 8.48. The Balaban J connectivity index is 2.47. The Hall–Kier alpha value is -1.12. The molecule has 100 valence electrons. The van der Waals surface area contributed by atoms with Crippen LogP contribution in [0.5, 0.6) is 0 Å². The largest absolute Gasteiger partial charge is 0.340 e. The van der Waals surface area contributed by atoms with Crippen molar-refractivity contribution in [2.45, 2.75) is 18.2 Å². The molecule has 0 aromatic heterocycles. The van der Waals surface area contributed by atoms with E-state index in [-0.39, 0.29) is 0 Å². The van der Waals surface area contributed by atoms with Crippen molar-refractivity contribution >= 4 is 29.1 Å². The molecular weight excluding hydrogens is 274 g/mol. The molecule has 1 aliphatic rings. The van der Waals surface area contributed by atoms with Crippen molar-refractivity contribution in [3.8, 4) is 0 Å². The molecule has 0 aliphatic carbocycles. The lowest BCUT2D eigenvalue weighted by atomic mass is 10.2. The molecule has 0 atom stereocenters. The van der Waals surface area contributed by atoms with Gasteiger partial charge in [-0.15, -0.1) is 11.6 Å². The van der Waals surface area contributed by atoms with E-state index in [0.29, 0.717) is 5.88 Å². The Morgan fingerprint density at radius 2 is 2.16 bits per heavy atom. The van der Waals surface area contributed by atoms with Gasteiger partial charge in [0.05, 0.1) is 11.4 Å². The summed E-state index contributed by atoms with van der Waals surface area (Å²) >= 11 is 7.63. The summed E-state index contributed by atoms with van der Waals surface area (Å²) in [4.78, 5) is 4.82. The molecule has 0 radical (unpaired) electrons. The van der Waals surface area contributed by atoms with Gasteiger partial charge in [-0.1, -0.05) is 42.6 Å². The monoisotopic (exact) mass is 291 g/mol. The Labute approximate surface area is 124 Å². The number of halogens is 1. The fourth-order valence-electron chi connectivity index (χ4n) is 2.13. The van der Waals surface area contributed by atoms with Crippen LogP contribution >= 0.6 is 23.4 Å². The molecule has 19 heavy (non-hydrogen) atoms. The molecule has 0 unspecified atom stereocenters. The summed E-state index contributed by atoms with van der Waals surface area (Å²) in [6.07, 6.45) is 7.12. The van der Waals surface area contributed by atoms with Gasteiger partial charge in [0.15, 0.2) is 0 Å². The van der Waals surface area contributed by atoms with Gasteiger partial charge >= 0.3 is 0 Å². The van der Waals surface area contributed by atoms with Crippen LogP contribution < -0.4 is 4.90 Å². The highest BCUT2D eigenvalue weighted by Gasteiger charge is 2.22. The molecular formula is C16H18ClNS. The van der Waals surface area contributed by atoms with Gasteiger partial charge in [0, 0.05) is 22.2 Å². The number of fused-ring (bicyclic) bond motifs is 1. The van der Waals surface area contributed by atoms with Crippen LogP contribution in [-0.4, -0.2) is 12.4 Å². The van der Waals surface area contributed by atoms with Crippen LogP contribution in [0.25, 0.3) is 0 Å². The predicted molar refractivity (Wildman–Crippen MR) is 87.0 cm³/mol. The second kappa shape index (κ2) is 6.88. The number of thioether (sulfide) groups is 1. The Morgan fingerprint density at radius 1 is 1.37 bits per heavy atom. The van der Waals surface area contributed by atoms with Crippen LogP contribution in [0, 0.1) is 0 Å². The third-order valence-corrected chi connectivity index (χ3v) is 4.37. The van der Waals surface area contributed by atoms with Crippen LogP contribution in [0.3, 0.4) is 0 Å². The molecule has 1 aromatic carbocycles. The van der Waals surface area contributed by atoms with Crippen LogP contribution in [0.4, 0.5) is 5.69 Å². The molecule has 1 nitrogen and oxygen atoms in total. The normalized spacial score (nSPS) is 14.9. The smallest absolute Gasteiger partial charge is 0.0552 e. The summed E-state index contributed by atoms with van der Waals surface area (Å²) < 4.78 is 0. The molecule has 0 spiro atoms. The minimum absolute atomic E-state index is 0.679. The third kappa shape index (κ3) is 3.07. The van der Waals surface area contributed by atoms with E-state index in [0.717, 1.165) is 13.0 Å². The number of rotatable bonds is 5. The van der Waals surface area contributed by atoms with E-state index < -0.39 is 0 Å².